The molecule has 4 rings (SSSR count). The minimum Gasteiger partial charge on any atom is -0.465 e. The van der Waals surface area contributed by atoms with Gasteiger partial charge in [0, 0.05) is 24.8 Å². The van der Waals surface area contributed by atoms with E-state index in [9.17, 15) is 4.79 Å². The topological polar surface area (TPSA) is 50.8 Å². The van der Waals surface area contributed by atoms with Crippen LogP contribution in [0.5, 0.6) is 0 Å². The molecule has 1 fully saturated rings. The van der Waals surface area contributed by atoms with Gasteiger partial charge in [0.05, 0.1) is 12.2 Å². The molecule has 3 aromatic rings. The number of rotatable bonds is 5. The van der Waals surface area contributed by atoms with Crippen molar-refractivity contribution in [2.24, 2.45) is 0 Å². The zero-order valence-corrected chi connectivity index (χ0v) is 14.0. The van der Waals surface area contributed by atoms with Crippen LogP contribution in [0.25, 0.3) is 5.65 Å². The van der Waals surface area contributed by atoms with Crippen LogP contribution in [-0.4, -0.2) is 20.3 Å². The Morgan fingerprint density at radius 2 is 2.08 bits per heavy atom. The molecule has 0 radical (unpaired) electrons. The zero-order chi connectivity index (χ0) is 16.7. The van der Waals surface area contributed by atoms with Crippen molar-refractivity contribution in [3.63, 3.8) is 0 Å². The van der Waals surface area contributed by atoms with Crippen molar-refractivity contribution in [2.45, 2.75) is 45.8 Å². The van der Waals surface area contributed by atoms with Gasteiger partial charge in [0.15, 0.2) is 0 Å². The molecule has 1 saturated carbocycles. The van der Waals surface area contributed by atoms with E-state index >= 15 is 0 Å². The van der Waals surface area contributed by atoms with E-state index < -0.39 is 0 Å². The van der Waals surface area contributed by atoms with E-state index in [0.29, 0.717) is 12.6 Å². The average Bonchev–Trinajstić information content (AvgIpc) is 3.31. The number of furan rings is 1. The molecule has 3 aromatic heterocycles. The number of nitrogens with zero attached hydrogens (tertiary/aromatic N) is 3. The maximum atomic E-state index is 12.4. The summed E-state index contributed by atoms with van der Waals surface area (Å²) in [6.45, 7) is 5.37. The highest BCUT2D eigenvalue weighted by molar-refractivity contribution is 5.46. The Morgan fingerprint density at radius 1 is 1.25 bits per heavy atom. The van der Waals surface area contributed by atoms with Gasteiger partial charge >= 0.3 is 0 Å². The largest absolute Gasteiger partial charge is 0.465 e. The third-order valence-corrected chi connectivity index (χ3v) is 4.52. The first-order chi connectivity index (χ1) is 11.6. The third kappa shape index (κ3) is 2.99. The van der Waals surface area contributed by atoms with Gasteiger partial charge in [-0.15, -0.1) is 0 Å². The number of hydrogen-bond acceptors (Lipinski definition) is 4. The Kier molecular flexibility index (Phi) is 3.73. The van der Waals surface area contributed by atoms with Crippen molar-refractivity contribution < 1.29 is 4.42 Å². The van der Waals surface area contributed by atoms with E-state index in [0.717, 1.165) is 35.0 Å². The van der Waals surface area contributed by atoms with E-state index in [1.54, 1.807) is 16.7 Å². The molecule has 5 nitrogen and oxygen atoms in total. The lowest BCUT2D eigenvalue weighted by Gasteiger charge is -2.20. The second-order valence-electron chi connectivity index (χ2n) is 6.62. The Morgan fingerprint density at radius 3 is 2.79 bits per heavy atom. The van der Waals surface area contributed by atoms with Crippen molar-refractivity contribution >= 4 is 5.65 Å². The molecule has 0 unspecified atom stereocenters. The molecule has 0 atom stereocenters. The summed E-state index contributed by atoms with van der Waals surface area (Å²) in [7, 11) is 0. The van der Waals surface area contributed by atoms with Crippen molar-refractivity contribution in [1.29, 1.82) is 0 Å². The van der Waals surface area contributed by atoms with Gasteiger partial charge in [0.1, 0.15) is 17.2 Å². The van der Waals surface area contributed by atoms with Gasteiger partial charge in [0.25, 0.3) is 5.56 Å². The lowest BCUT2D eigenvalue weighted by atomic mass is 10.2. The maximum Gasteiger partial charge on any atom is 0.258 e. The van der Waals surface area contributed by atoms with E-state index in [4.69, 9.17) is 9.40 Å². The van der Waals surface area contributed by atoms with Gasteiger partial charge in [-0.2, -0.15) is 0 Å². The highest BCUT2D eigenvalue weighted by atomic mass is 16.3. The maximum absolute atomic E-state index is 12.4. The molecular formula is C19H21N3O2. The molecule has 3 heterocycles. The molecule has 0 spiro atoms. The van der Waals surface area contributed by atoms with Crippen LogP contribution in [-0.2, 0) is 13.1 Å². The van der Waals surface area contributed by atoms with Gasteiger partial charge in [-0.25, -0.2) is 4.98 Å². The van der Waals surface area contributed by atoms with Gasteiger partial charge in [0.2, 0.25) is 0 Å². The van der Waals surface area contributed by atoms with Crippen LogP contribution >= 0.6 is 0 Å². The minimum absolute atomic E-state index is 0.0247. The van der Waals surface area contributed by atoms with Gasteiger partial charge < -0.3 is 4.42 Å². The van der Waals surface area contributed by atoms with Crippen LogP contribution in [0, 0.1) is 13.8 Å². The second-order valence-corrected chi connectivity index (χ2v) is 6.62. The summed E-state index contributed by atoms with van der Waals surface area (Å²) in [6, 6.07) is 10.1. The summed E-state index contributed by atoms with van der Waals surface area (Å²) in [5, 5.41) is 0. The van der Waals surface area contributed by atoms with Crippen molar-refractivity contribution in [3.8, 4) is 0 Å². The lowest BCUT2D eigenvalue weighted by Crippen LogP contribution is -2.27. The SMILES string of the molecule is Cc1ccc(CN(Cc2cc(=O)n3cccc(C)c3n2)C2CC2)o1. The summed E-state index contributed by atoms with van der Waals surface area (Å²) in [5.41, 5.74) is 2.55. The van der Waals surface area contributed by atoms with E-state index in [1.807, 2.05) is 38.1 Å². The molecule has 0 bridgehead atoms. The van der Waals surface area contributed by atoms with Gasteiger partial charge in [-0.1, -0.05) is 6.07 Å². The van der Waals surface area contributed by atoms with Gasteiger partial charge in [-0.3, -0.25) is 14.1 Å². The minimum atomic E-state index is -0.0247. The van der Waals surface area contributed by atoms with Crippen LogP contribution in [0.1, 0.15) is 35.6 Å². The molecule has 0 aliphatic heterocycles. The summed E-state index contributed by atoms with van der Waals surface area (Å²) < 4.78 is 7.32. The van der Waals surface area contributed by atoms with Crippen LogP contribution < -0.4 is 5.56 Å². The fraction of sp³-hybridized carbons (Fsp3) is 0.368. The summed E-state index contributed by atoms with van der Waals surface area (Å²) in [5.74, 6) is 1.89. The predicted molar refractivity (Wildman–Crippen MR) is 91.9 cm³/mol. The molecular weight excluding hydrogens is 302 g/mol. The fourth-order valence-corrected chi connectivity index (χ4v) is 3.12. The van der Waals surface area contributed by atoms with Crippen molar-refractivity contribution in [1.82, 2.24) is 14.3 Å². The summed E-state index contributed by atoms with van der Waals surface area (Å²) in [4.78, 5) is 19.4. The third-order valence-electron chi connectivity index (χ3n) is 4.52. The quantitative estimate of drug-likeness (QED) is 0.724. The number of aromatic nitrogens is 2. The number of hydrogen-bond donors (Lipinski definition) is 0. The molecule has 0 amide bonds. The van der Waals surface area contributed by atoms with E-state index in [-0.39, 0.29) is 5.56 Å². The van der Waals surface area contributed by atoms with Gasteiger partial charge in [-0.05, 0) is 50.5 Å². The number of aryl methyl sites for hydroxylation is 2. The monoisotopic (exact) mass is 323 g/mol. The van der Waals surface area contributed by atoms with Crippen LogP contribution in [0.2, 0.25) is 0 Å². The molecule has 0 aromatic carbocycles. The number of fused-ring (bicyclic) bond motifs is 1. The first-order valence-corrected chi connectivity index (χ1v) is 8.37. The summed E-state index contributed by atoms with van der Waals surface area (Å²) in [6.07, 6.45) is 4.17. The molecule has 0 N–H and O–H groups in total. The number of pyridine rings is 1. The van der Waals surface area contributed by atoms with E-state index in [1.165, 1.54) is 12.8 Å². The molecule has 124 valence electrons. The highest BCUT2D eigenvalue weighted by Crippen LogP contribution is 2.29. The Labute approximate surface area is 140 Å². The van der Waals surface area contributed by atoms with Crippen LogP contribution in [0.4, 0.5) is 0 Å². The van der Waals surface area contributed by atoms with Crippen LogP contribution in [0.15, 0.2) is 45.7 Å². The molecule has 1 aliphatic carbocycles. The molecule has 24 heavy (non-hydrogen) atoms. The second kappa shape index (κ2) is 5.91. The van der Waals surface area contributed by atoms with Crippen molar-refractivity contribution in [2.75, 3.05) is 0 Å². The van der Waals surface area contributed by atoms with E-state index in [2.05, 4.69) is 4.90 Å². The summed E-state index contributed by atoms with van der Waals surface area (Å²) >= 11 is 0. The molecule has 5 heteroatoms. The first kappa shape index (κ1) is 15.1. The van der Waals surface area contributed by atoms with Crippen LogP contribution in [0.3, 0.4) is 0 Å². The first-order valence-electron chi connectivity index (χ1n) is 8.37. The Bertz CT molecular complexity index is 937. The Hall–Kier alpha value is -2.40. The standard InChI is InChI=1S/C19H21N3O2/c1-13-4-3-9-22-18(23)10-15(20-19(13)22)11-21(16-6-7-16)12-17-8-5-14(2)24-17/h3-5,8-10,16H,6-7,11-12H2,1-2H3. The fourth-order valence-electron chi connectivity index (χ4n) is 3.12. The lowest BCUT2D eigenvalue weighted by molar-refractivity contribution is 0.221. The normalized spacial score (nSPS) is 14.6. The Balaban J connectivity index is 1.63. The average molecular weight is 323 g/mol. The molecule has 1 aliphatic rings. The molecule has 0 saturated heterocycles. The predicted octanol–water partition coefficient (Wildman–Crippen LogP) is 3.07. The smallest absolute Gasteiger partial charge is 0.258 e. The zero-order valence-electron chi connectivity index (χ0n) is 14.0. The highest BCUT2D eigenvalue weighted by Gasteiger charge is 2.30. The van der Waals surface area contributed by atoms with Crippen molar-refractivity contribution in [3.05, 3.63) is 69.7 Å².